The number of carboxylic acids is 1. The van der Waals surface area contributed by atoms with Crippen LogP contribution in [0.2, 0.25) is 0 Å². The van der Waals surface area contributed by atoms with E-state index in [-0.39, 0.29) is 0 Å². The van der Waals surface area contributed by atoms with Crippen LogP contribution in [0.5, 0.6) is 0 Å². The van der Waals surface area contributed by atoms with Crippen molar-refractivity contribution in [2.24, 2.45) is 5.41 Å². The van der Waals surface area contributed by atoms with Gasteiger partial charge in [-0.3, -0.25) is 4.79 Å². The second-order valence-electron chi connectivity index (χ2n) is 4.81. The van der Waals surface area contributed by atoms with E-state index >= 15 is 0 Å². The maximum absolute atomic E-state index is 10.9. The fourth-order valence-corrected chi connectivity index (χ4v) is 2.01. The van der Waals surface area contributed by atoms with E-state index in [1.54, 1.807) is 25.2 Å². The molecule has 0 aliphatic heterocycles. The van der Waals surface area contributed by atoms with E-state index in [9.17, 15) is 4.79 Å². The maximum atomic E-state index is 10.9. The first-order valence-corrected chi connectivity index (χ1v) is 6.29. The van der Waals surface area contributed by atoms with Gasteiger partial charge in [0.25, 0.3) is 0 Å². The number of nitrogens with zero attached hydrogens (tertiary/aromatic N) is 1. The minimum absolute atomic E-state index is 0.636. The summed E-state index contributed by atoms with van der Waals surface area (Å²) in [6.45, 7) is 5.23. The summed E-state index contributed by atoms with van der Waals surface area (Å²) in [6.07, 6.45) is 0.670. The van der Waals surface area contributed by atoms with Gasteiger partial charge in [-0.1, -0.05) is 0 Å². The molecule has 0 spiro atoms. The van der Waals surface area contributed by atoms with Crippen LogP contribution in [0.1, 0.15) is 25.8 Å². The van der Waals surface area contributed by atoms with Gasteiger partial charge in [0.1, 0.15) is 0 Å². The Kier molecular flexibility index (Phi) is 4.50. The third-order valence-corrected chi connectivity index (χ3v) is 3.46. The highest BCUT2D eigenvalue weighted by molar-refractivity contribution is 7.07. The van der Waals surface area contributed by atoms with Crippen molar-refractivity contribution in [3.8, 4) is 0 Å². The Morgan fingerprint density at radius 1 is 1.56 bits per heavy atom. The largest absolute Gasteiger partial charge is 0.481 e. The van der Waals surface area contributed by atoms with Crippen LogP contribution in [-0.4, -0.2) is 29.6 Å². The number of hydrogen-bond acceptors (Lipinski definition) is 3. The normalized spacial score (nSPS) is 12.0. The minimum atomic E-state index is -0.726. The monoisotopic (exact) mass is 241 g/mol. The van der Waals surface area contributed by atoms with Gasteiger partial charge in [-0.25, -0.2) is 0 Å². The lowest BCUT2D eigenvalue weighted by molar-refractivity contribution is -0.147. The van der Waals surface area contributed by atoms with E-state index in [4.69, 9.17) is 5.11 Å². The Morgan fingerprint density at radius 2 is 2.25 bits per heavy atom. The van der Waals surface area contributed by atoms with Crippen molar-refractivity contribution < 1.29 is 9.90 Å². The van der Waals surface area contributed by atoms with Crippen LogP contribution in [0, 0.1) is 5.41 Å². The molecule has 0 saturated carbocycles. The second-order valence-corrected chi connectivity index (χ2v) is 5.59. The van der Waals surface area contributed by atoms with Gasteiger partial charge in [-0.2, -0.15) is 11.3 Å². The fraction of sp³-hybridized carbons (Fsp3) is 0.583. The number of aliphatic carboxylic acids is 1. The van der Waals surface area contributed by atoms with E-state index in [1.165, 1.54) is 5.56 Å². The van der Waals surface area contributed by atoms with Gasteiger partial charge in [-0.15, -0.1) is 0 Å². The highest BCUT2D eigenvalue weighted by Gasteiger charge is 2.26. The summed E-state index contributed by atoms with van der Waals surface area (Å²) < 4.78 is 0. The SMILES string of the molecule is CN(CCC(C)(C)C(=O)O)Cc1ccsc1. The molecule has 0 saturated heterocycles. The summed E-state index contributed by atoms with van der Waals surface area (Å²) in [7, 11) is 2.02. The summed E-state index contributed by atoms with van der Waals surface area (Å²) in [5.41, 5.74) is 0.656. The van der Waals surface area contributed by atoms with Crippen LogP contribution in [0.15, 0.2) is 16.8 Å². The van der Waals surface area contributed by atoms with Crippen molar-refractivity contribution in [2.75, 3.05) is 13.6 Å². The van der Waals surface area contributed by atoms with Crippen molar-refractivity contribution in [1.29, 1.82) is 0 Å². The summed E-state index contributed by atoms with van der Waals surface area (Å²) in [4.78, 5) is 13.1. The highest BCUT2D eigenvalue weighted by Crippen LogP contribution is 2.21. The minimum Gasteiger partial charge on any atom is -0.481 e. The molecule has 1 heterocycles. The zero-order valence-electron chi connectivity index (χ0n) is 10.1. The Morgan fingerprint density at radius 3 is 2.75 bits per heavy atom. The van der Waals surface area contributed by atoms with Gasteiger partial charge in [0, 0.05) is 6.54 Å². The summed E-state index contributed by atoms with van der Waals surface area (Å²) in [6, 6.07) is 2.10. The molecule has 0 unspecified atom stereocenters. The average Bonchev–Trinajstić information content (AvgIpc) is 2.67. The van der Waals surface area contributed by atoms with Crippen LogP contribution in [0.3, 0.4) is 0 Å². The molecular formula is C12H19NO2S. The lowest BCUT2D eigenvalue weighted by atomic mass is 9.89. The molecule has 0 bridgehead atoms. The molecule has 1 aromatic heterocycles. The molecule has 1 rings (SSSR count). The molecule has 1 aromatic rings. The Bertz CT molecular complexity index is 333. The first kappa shape index (κ1) is 13.2. The maximum Gasteiger partial charge on any atom is 0.309 e. The Labute approximate surface area is 101 Å². The third-order valence-electron chi connectivity index (χ3n) is 2.73. The zero-order valence-corrected chi connectivity index (χ0v) is 10.9. The topological polar surface area (TPSA) is 40.5 Å². The highest BCUT2D eigenvalue weighted by atomic mass is 32.1. The number of thiophene rings is 1. The predicted octanol–water partition coefficient (Wildman–Crippen LogP) is 2.68. The van der Waals surface area contributed by atoms with Gasteiger partial charge in [-0.05, 0) is 56.3 Å². The van der Waals surface area contributed by atoms with E-state index in [0.717, 1.165) is 13.1 Å². The molecule has 0 atom stereocenters. The van der Waals surface area contributed by atoms with Crippen LogP contribution in [-0.2, 0) is 11.3 Å². The zero-order chi connectivity index (χ0) is 12.2. The van der Waals surface area contributed by atoms with E-state index in [1.807, 2.05) is 7.05 Å². The van der Waals surface area contributed by atoms with Gasteiger partial charge in [0.05, 0.1) is 5.41 Å². The molecule has 90 valence electrons. The third kappa shape index (κ3) is 3.94. The number of carboxylic acid groups (broad SMARTS) is 1. The number of hydrogen-bond donors (Lipinski definition) is 1. The molecule has 0 aliphatic rings. The van der Waals surface area contributed by atoms with Crippen LogP contribution in [0.25, 0.3) is 0 Å². The Balaban J connectivity index is 2.35. The lowest BCUT2D eigenvalue weighted by Gasteiger charge is -2.23. The second kappa shape index (κ2) is 5.46. The van der Waals surface area contributed by atoms with Crippen molar-refractivity contribution in [1.82, 2.24) is 4.90 Å². The van der Waals surface area contributed by atoms with Crippen LogP contribution >= 0.6 is 11.3 Å². The molecule has 1 N–H and O–H groups in total. The van der Waals surface area contributed by atoms with Gasteiger partial charge < -0.3 is 10.0 Å². The summed E-state index contributed by atoms with van der Waals surface area (Å²) >= 11 is 1.69. The summed E-state index contributed by atoms with van der Waals surface area (Å²) in [5.74, 6) is -0.726. The Hall–Kier alpha value is -0.870. The molecule has 0 aliphatic carbocycles. The lowest BCUT2D eigenvalue weighted by Crippen LogP contribution is -2.29. The quantitative estimate of drug-likeness (QED) is 0.832. The standard InChI is InChI=1S/C12H19NO2S/c1-12(2,11(14)15)5-6-13(3)8-10-4-7-16-9-10/h4,7,9H,5-6,8H2,1-3H3,(H,14,15). The molecule has 0 amide bonds. The molecule has 4 heteroatoms. The van der Waals surface area contributed by atoms with Crippen LogP contribution < -0.4 is 0 Å². The molecule has 0 aromatic carbocycles. The van der Waals surface area contributed by atoms with Gasteiger partial charge in [0.2, 0.25) is 0 Å². The first-order chi connectivity index (χ1) is 7.42. The van der Waals surface area contributed by atoms with E-state index in [2.05, 4.69) is 21.7 Å². The van der Waals surface area contributed by atoms with Crippen molar-refractivity contribution >= 4 is 17.3 Å². The van der Waals surface area contributed by atoms with E-state index < -0.39 is 11.4 Å². The van der Waals surface area contributed by atoms with Crippen molar-refractivity contribution in [3.05, 3.63) is 22.4 Å². The van der Waals surface area contributed by atoms with E-state index in [0.29, 0.717) is 6.42 Å². The first-order valence-electron chi connectivity index (χ1n) is 5.35. The van der Waals surface area contributed by atoms with Crippen molar-refractivity contribution in [3.63, 3.8) is 0 Å². The fourth-order valence-electron chi connectivity index (χ4n) is 1.35. The van der Waals surface area contributed by atoms with Gasteiger partial charge >= 0.3 is 5.97 Å². The van der Waals surface area contributed by atoms with Crippen molar-refractivity contribution in [2.45, 2.75) is 26.8 Å². The molecule has 3 nitrogen and oxygen atoms in total. The average molecular weight is 241 g/mol. The number of carbonyl (C=O) groups is 1. The van der Waals surface area contributed by atoms with Gasteiger partial charge in [0.15, 0.2) is 0 Å². The predicted molar refractivity (Wildman–Crippen MR) is 66.7 cm³/mol. The number of rotatable bonds is 6. The molecule has 0 radical (unpaired) electrons. The molecular weight excluding hydrogens is 222 g/mol. The summed E-state index contributed by atoms with van der Waals surface area (Å²) in [5, 5.41) is 13.2. The smallest absolute Gasteiger partial charge is 0.309 e. The molecule has 16 heavy (non-hydrogen) atoms. The van der Waals surface area contributed by atoms with Crippen LogP contribution in [0.4, 0.5) is 0 Å². The molecule has 0 fully saturated rings.